The lowest BCUT2D eigenvalue weighted by molar-refractivity contribution is -0.134. The van der Waals surface area contributed by atoms with Crippen LogP contribution in [0.5, 0.6) is 11.5 Å². The van der Waals surface area contributed by atoms with Crippen molar-refractivity contribution < 1.29 is 19.1 Å². The molecule has 0 N–H and O–H groups in total. The maximum absolute atomic E-state index is 12.9. The maximum atomic E-state index is 12.9. The fourth-order valence-electron chi connectivity index (χ4n) is 2.68. The number of fused-ring (bicyclic) bond motifs is 3. The van der Waals surface area contributed by atoms with Crippen molar-refractivity contribution in [3.8, 4) is 17.6 Å². The maximum Gasteiger partial charge on any atom is 0.308 e. The van der Waals surface area contributed by atoms with Gasteiger partial charge in [0.15, 0.2) is 16.5 Å². The lowest BCUT2D eigenvalue weighted by atomic mass is 10.1. The van der Waals surface area contributed by atoms with Crippen LogP contribution in [0.3, 0.4) is 0 Å². The molecule has 0 aliphatic rings. The van der Waals surface area contributed by atoms with Crippen LogP contribution in [0.25, 0.3) is 15.2 Å². The number of aromatic nitrogens is 2. The Balaban J connectivity index is 2.40. The van der Waals surface area contributed by atoms with E-state index >= 15 is 0 Å². The lowest BCUT2D eigenvalue weighted by Crippen LogP contribution is -2.20. The number of hydrogen-bond donors (Lipinski definition) is 0. The van der Waals surface area contributed by atoms with Gasteiger partial charge < -0.3 is 9.47 Å². The van der Waals surface area contributed by atoms with Crippen LogP contribution in [0.1, 0.15) is 44.9 Å². The van der Waals surface area contributed by atoms with E-state index in [2.05, 4.69) is 4.98 Å². The molecule has 0 aliphatic carbocycles. The Bertz CT molecular complexity index is 1200. The average Bonchev–Trinajstić information content (AvgIpc) is 2.91. The van der Waals surface area contributed by atoms with Crippen molar-refractivity contribution in [3.63, 3.8) is 0 Å². The van der Waals surface area contributed by atoms with E-state index in [1.807, 2.05) is 19.9 Å². The first-order valence-corrected chi connectivity index (χ1v) is 8.84. The van der Waals surface area contributed by atoms with E-state index in [0.717, 1.165) is 0 Å². The molecule has 0 amide bonds. The second-order valence-electron chi connectivity index (χ2n) is 6.12. The van der Waals surface area contributed by atoms with Crippen LogP contribution < -0.4 is 15.0 Å². The monoisotopic (exact) mass is 385 g/mol. The zero-order chi connectivity index (χ0) is 19.9. The van der Waals surface area contributed by atoms with E-state index in [4.69, 9.17) is 9.47 Å². The van der Waals surface area contributed by atoms with Crippen molar-refractivity contribution in [2.75, 3.05) is 0 Å². The van der Waals surface area contributed by atoms with E-state index in [1.165, 1.54) is 41.7 Å². The topological polar surface area (TPSA) is 111 Å². The van der Waals surface area contributed by atoms with Gasteiger partial charge in [0.25, 0.3) is 5.56 Å². The van der Waals surface area contributed by atoms with E-state index in [9.17, 15) is 19.6 Å². The van der Waals surface area contributed by atoms with Gasteiger partial charge in [-0.25, -0.2) is 9.38 Å². The lowest BCUT2D eigenvalue weighted by Gasteiger charge is -2.09. The van der Waals surface area contributed by atoms with Crippen LogP contribution in [0.2, 0.25) is 0 Å². The van der Waals surface area contributed by atoms with E-state index < -0.39 is 17.5 Å². The number of nitriles is 1. The van der Waals surface area contributed by atoms with Gasteiger partial charge in [0.05, 0.1) is 15.9 Å². The normalized spacial score (nSPS) is 11.0. The van der Waals surface area contributed by atoms with Gasteiger partial charge in [0.2, 0.25) is 0 Å². The number of carbonyl (C=O) groups is 2. The molecule has 0 saturated heterocycles. The van der Waals surface area contributed by atoms with E-state index in [0.29, 0.717) is 20.9 Å². The Morgan fingerprint density at radius 1 is 1.19 bits per heavy atom. The van der Waals surface area contributed by atoms with Gasteiger partial charge in [0.1, 0.15) is 11.6 Å². The third kappa shape index (κ3) is 3.27. The zero-order valence-corrected chi connectivity index (χ0v) is 15.8. The van der Waals surface area contributed by atoms with Crippen molar-refractivity contribution in [3.05, 3.63) is 33.7 Å². The third-order valence-corrected chi connectivity index (χ3v) is 4.72. The molecule has 0 atom stereocenters. The molecule has 2 aromatic heterocycles. The Labute approximate surface area is 157 Å². The molecular formula is C18H15N3O5S. The molecule has 3 rings (SSSR count). The second kappa shape index (κ2) is 6.81. The van der Waals surface area contributed by atoms with Gasteiger partial charge in [-0.2, -0.15) is 5.26 Å². The van der Waals surface area contributed by atoms with Crippen LogP contribution in [-0.2, 0) is 9.59 Å². The zero-order valence-electron chi connectivity index (χ0n) is 15.0. The standard InChI is InChI=1S/C18H15N3O5S/c1-8(2)16-11(7-19)17(24)21-12-5-13(25-9(3)22)14(26-10(4)23)6-15(12)27-18(21)20-16/h5-6,8H,1-4H3. The molecule has 0 aliphatic heterocycles. The molecule has 0 saturated carbocycles. The highest BCUT2D eigenvalue weighted by Gasteiger charge is 2.21. The van der Waals surface area contributed by atoms with Gasteiger partial charge in [-0.05, 0) is 5.92 Å². The number of rotatable bonds is 3. The van der Waals surface area contributed by atoms with Crippen molar-refractivity contribution in [2.45, 2.75) is 33.6 Å². The molecule has 0 bridgehead atoms. The number of hydrogen-bond acceptors (Lipinski definition) is 8. The van der Waals surface area contributed by atoms with Gasteiger partial charge in [-0.15, -0.1) is 0 Å². The van der Waals surface area contributed by atoms with Crippen LogP contribution in [0.4, 0.5) is 0 Å². The molecular weight excluding hydrogens is 370 g/mol. The minimum atomic E-state index is -0.604. The Kier molecular flexibility index (Phi) is 4.68. The van der Waals surface area contributed by atoms with Crippen LogP contribution in [0.15, 0.2) is 16.9 Å². The number of esters is 2. The SMILES string of the molecule is CC(=O)Oc1cc2sc3nc(C(C)C)c(C#N)c(=O)n3c2cc1OC(C)=O. The van der Waals surface area contributed by atoms with Crippen LogP contribution in [-0.4, -0.2) is 21.3 Å². The van der Waals surface area contributed by atoms with E-state index in [-0.39, 0.29) is 23.0 Å². The highest BCUT2D eigenvalue weighted by Crippen LogP contribution is 2.36. The molecule has 0 fully saturated rings. The molecule has 3 aromatic rings. The molecule has 27 heavy (non-hydrogen) atoms. The molecule has 0 spiro atoms. The first kappa shape index (κ1) is 18.5. The fourth-order valence-corrected chi connectivity index (χ4v) is 3.71. The number of benzene rings is 1. The molecule has 2 heterocycles. The molecule has 1 aromatic carbocycles. The summed E-state index contributed by atoms with van der Waals surface area (Å²) in [6.45, 7) is 6.14. The number of nitrogens with zero attached hydrogens (tertiary/aromatic N) is 3. The quantitative estimate of drug-likeness (QED) is 0.503. The Morgan fingerprint density at radius 2 is 1.78 bits per heavy atom. The second-order valence-corrected chi connectivity index (χ2v) is 7.13. The van der Waals surface area contributed by atoms with Gasteiger partial charge in [-0.3, -0.25) is 14.4 Å². The van der Waals surface area contributed by atoms with E-state index in [1.54, 1.807) is 0 Å². The number of carbonyl (C=O) groups excluding carboxylic acids is 2. The summed E-state index contributed by atoms with van der Waals surface area (Å²) < 4.78 is 12.1. The van der Waals surface area contributed by atoms with Crippen molar-refractivity contribution in [2.24, 2.45) is 0 Å². The van der Waals surface area contributed by atoms with Crippen molar-refractivity contribution in [1.82, 2.24) is 9.38 Å². The Hall–Kier alpha value is -3.25. The smallest absolute Gasteiger partial charge is 0.308 e. The predicted octanol–water partition coefficient (Wildman–Crippen LogP) is 2.75. The van der Waals surface area contributed by atoms with Gasteiger partial charge in [0, 0.05) is 26.0 Å². The third-order valence-electron chi connectivity index (χ3n) is 3.71. The molecule has 138 valence electrons. The number of thiazole rings is 1. The molecule has 9 heteroatoms. The summed E-state index contributed by atoms with van der Waals surface area (Å²) in [4.78, 5) is 40.5. The summed E-state index contributed by atoms with van der Waals surface area (Å²) in [7, 11) is 0. The molecule has 8 nitrogen and oxygen atoms in total. The van der Waals surface area contributed by atoms with Crippen molar-refractivity contribution in [1.29, 1.82) is 5.26 Å². The summed E-state index contributed by atoms with van der Waals surface area (Å²) in [5.41, 5.74) is 0.313. The summed E-state index contributed by atoms with van der Waals surface area (Å²) in [6.07, 6.45) is 0. The largest absolute Gasteiger partial charge is 0.423 e. The minimum absolute atomic E-state index is 0.00300. The summed E-state index contributed by atoms with van der Waals surface area (Å²) in [5, 5.41) is 9.41. The highest BCUT2D eigenvalue weighted by molar-refractivity contribution is 7.23. The Morgan fingerprint density at radius 3 is 2.30 bits per heavy atom. The highest BCUT2D eigenvalue weighted by atomic mass is 32.1. The summed E-state index contributed by atoms with van der Waals surface area (Å²) >= 11 is 1.21. The number of ether oxygens (including phenoxy) is 2. The molecule has 0 radical (unpaired) electrons. The summed E-state index contributed by atoms with van der Waals surface area (Å²) in [6, 6.07) is 4.87. The van der Waals surface area contributed by atoms with Gasteiger partial charge >= 0.3 is 11.9 Å². The van der Waals surface area contributed by atoms with Crippen molar-refractivity contribution >= 4 is 38.5 Å². The first-order chi connectivity index (χ1) is 12.7. The predicted molar refractivity (Wildman–Crippen MR) is 98.3 cm³/mol. The first-order valence-electron chi connectivity index (χ1n) is 8.03. The molecule has 0 unspecified atom stereocenters. The summed E-state index contributed by atoms with van der Waals surface area (Å²) in [5.74, 6) is -1.21. The minimum Gasteiger partial charge on any atom is -0.423 e. The van der Waals surface area contributed by atoms with Crippen LogP contribution in [0, 0.1) is 11.3 Å². The fraction of sp³-hybridized carbons (Fsp3) is 0.278. The van der Waals surface area contributed by atoms with Crippen LogP contribution >= 0.6 is 11.3 Å². The van der Waals surface area contributed by atoms with Gasteiger partial charge in [-0.1, -0.05) is 25.2 Å². The average molecular weight is 385 g/mol.